The zero-order valence-electron chi connectivity index (χ0n) is 9.60. The first-order valence-corrected chi connectivity index (χ1v) is 5.99. The molecule has 16 heavy (non-hydrogen) atoms. The van der Waals surface area contributed by atoms with Crippen molar-refractivity contribution in [1.29, 1.82) is 0 Å². The molecule has 0 aromatic heterocycles. The van der Waals surface area contributed by atoms with Gasteiger partial charge in [0.1, 0.15) is 5.78 Å². The SMILES string of the molecule is CCC1CCC(=O)C1C(O)c1ccccc1. The fourth-order valence-electron chi connectivity index (χ4n) is 2.69. The molecule has 2 nitrogen and oxygen atoms in total. The van der Waals surface area contributed by atoms with Gasteiger partial charge in [-0.05, 0) is 17.9 Å². The van der Waals surface area contributed by atoms with Crippen LogP contribution in [-0.4, -0.2) is 10.9 Å². The summed E-state index contributed by atoms with van der Waals surface area (Å²) in [6.45, 7) is 2.09. The molecule has 0 spiro atoms. The number of ketones is 1. The third-order valence-electron chi connectivity index (χ3n) is 3.65. The van der Waals surface area contributed by atoms with Crippen molar-refractivity contribution in [3.8, 4) is 0 Å². The fraction of sp³-hybridized carbons (Fsp3) is 0.500. The van der Waals surface area contributed by atoms with Crippen molar-refractivity contribution in [1.82, 2.24) is 0 Å². The molecule has 0 amide bonds. The molecule has 2 heteroatoms. The highest BCUT2D eigenvalue weighted by Crippen LogP contribution is 2.39. The molecular formula is C14H18O2. The van der Waals surface area contributed by atoms with Crippen molar-refractivity contribution >= 4 is 5.78 Å². The van der Waals surface area contributed by atoms with Crippen molar-refractivity contribution in [3.63, 3.8) is 0 Å². The van der Waals surface area contributed by atoms with Crippen LogP contribution in [0.2, 0.25) is 0 Å². The second-order valence-corrected chi connectivity index (χ2v) is 4.55. The van der Waals surface area contributed by atoms with E-state index in [4.69, 9.17) is 0 Å². The molecular weight excluding hydrogens is 200 g/mol. The summed E-state index contributed by atoms with van der Waals surface area (Å²) in [5.41, 5.74) is 0.862. The van der Waals surface area contributed by atoms with E-state index in [1.165, 1.54) is 0 Å². The predicted octanol–water partition coefficient (Wildman–Crippen LogP) is 2.73. The van der Waals surface area contributed by atoms with Crippen molar-refractivity contribution in [3.05, 3.63) is 35.9 Å². The van der Waals surface area contributed by atoms with Gasteiger partial charge in [0, 0.05) is 6.42 Å². The largest absolute Gasteiger partial charge is 0.388 e. The van der Waals surface area contributed by atoms with Gasteiger partial charge in [-0.25, -0.2) is 0 Å². The smallest absolute Gasteiger partial charge is 0.139 e. The Morgan fingerprint density at radius 2 is 2.06 bits per heavy atom. The Labute approximate surface area is 96.3 Å². The van der Waals surface area contributed by atoms with Crippen LogP contribution in [-0.2, 0) is 4.79 Å². The molecule has 0 bridgehead atoms. The van der Waals surface area contributed by atoms with E-state index in [-0.39, 0.29) is 11.7 Å². The molecule has 1 aliphatic rings. The van der Waals surface area contributed by atoms with Gasteiger partial charge in [-0.1, -0.05) is 43.7 Å². The lowest BCUT2D eigenvalue weighted by molar-refractivity contribution is -0.124. The molecule has 0 radical (unpaired) electrons. The summed E-state index contributed by atoms with van der Waals surface area (Å²) < 4.78 is 0. The number of rotatable bonds is 3. The summed E-state index contributed by atoms with van der Waals surface area (Å²) in [5.74, 6) is 0.387. The van der Waals surface area contributed by atoms with Gasteiger partial charge < -0.3 is 5.11 Å². The maximum absolute atomic E-state index is 11.8. The highest BCUT2D eigenvalue weighted by Gasteiger charge is 2.38. The highest BCUT2D eigenvalue weighted by atomic mass is 16.3. The maximum atomic E-state index is 11.8. The van der Waals surface area contributed by atoms with Crippen molar-refractivity contribution in [2.24, 2.45) is 11.8 Å². The molecule has 2 rings (SSSR count). The van der Waals surface area contributed by atoms with Crippen molar-refractivity contribution in [2.75, 3.05) is 0 Å². The molecule has 0 saturated heterocycles. The second-order valence-electron chi connectivity index (χ2n) is 4.55. The molecule has 1 fully saturated rings. The molecule has 1 aromatic carbocycles. The second kappa shape index (κ2) is 4.79. The average molecular weight is 218 g/mol. The van der Waals surface area contributed by atoms with Crippen LogP contribution in [0.25, 0.3) is 0 Å². The van der Waals surface area contributed by atoms with Gasteiger partial charge in [-0.2, -0.15) is 0 Å². The first-order chi connectivity index (χ1) is 7.74. The Morgan fingerprint density at radius 1 is 1.38 bits per heavy atom. The molecule has 0 heterocycles. The van der Waals surface area contributed by atoms with E-state index in [1.54, 1.807) is 0 Å². The molecule has 3 atom stereocenters. The normalized spacial score (nSPS) is 27.0. The lowest BCUT2D eigenvalue weighted by Gasteiger charge is -2.22. The van der Waals surface area contributed by atoms with Gasteiger partial charge in [0.25, 0.3) is 0 Å². The third kappa shape index (κ3) is 2.03. The minimum atomic E-state index is -0.624. The molecule has 0 aliphatic heterocycles. The minimum Gasteiger partial charge on any atom is -0.388 e. The zero-order chi connectivity index (χ0) is 11.5. The summed E-state index contributed by atoms with van der Waals surface area (Å²) in [6.07, 6.45) is 1.92. The van der Waals surface area contributed by atoms with Crippen LogP contribution in [0.15, 0.2) is 30.3 Å². The van der Waals surface area contributed by atoms with Gasteiger partial charge in [-0.15, -0.1) is 0 Å². The number of hydrogen-bond donors (Lipinski definition) is 1. The summed E-state index contributed by atoms with van der Waals surface area (Å²) in [7, 11) is 0. The van der Waals surface area contributed by atoms with Gasteiger partial charge in [0.05, 0.1) is 12.0 Å². The quantitative estimate of drug-likeness (QED) is 0.847. The van der Waals surface area contributed by atoms with Crippen LogP contribution in [0.5, 0.6) is 0 Å². The van der Waals surface area contributed by atoms with E-state index >= 15 is 0 Å². The number of hydrogen-bond acceptors (Lipinski definition) is 2. The number of Topliss-reactive ketones (excluding diaryl/α,β-unsaturated/α-hetero) is 1. The van der Waals surface area contributed by atoms with E-state index in [1.807, 2.05) is 30.3 Å². The number of benzene rings is 1. The van der Waals surface area contributed by atoms with E-state index in [9.17, 15) is 9.90 Å². The Kier molecular flexibility index (Phi) is 3.39. The van der Waals surface area contributed by atoms with E-state index < -0.39 is 6.10 Å². The van der Waals surface area contributed by atoms with Crippen LogP contribution >= 0.6 is 0 Å². The lowest BCUT2D eigenvalue weighted by Crippen LogP contribution is -2.22. The van der Waals surface area contributed by atoms with Gasteiger partial charge in [0.2, 0.25) is 0 Å². The van der Waals surface area contributed by atoms with Crippen LogP contribution < -0.4 is 0 Å². The average Bonchev–Trinajstić information content (AvgIpc) is 2.70. The molecule has 1 aromatic rings. The Hall–Kier alpha value is -1.15. The number of aliphatic hydroxyl groups excluding tert-OH is 1. The Bertz CT molecular complexity index is 358. The Balaban J connectivity index is 2.20. The summed E-state index contributed by atoms with van der Waals surface area (Å²) in [6, 6.07) is 9.51. The first-order valence-electron chi connectivity index (χ1n) is 5.99. The van der Waals surface area contributed by atoms with Gasteiger partial charge >= 0.3 is 0 Å². The number of aliphatic hydroxyl groups is 1. The zero-order valence-corrected chi connectivity index (χ0v) is 9.60. The first kappa shape index (κ1) is 11.3. The standard InChI is InChI=1S/C14H18O2/c1-2-10-8-9-12(15)13(10)14(16)11-6-4-3-5-7-11/h3-7,10,13-14,16H,2,8-9H2,1H3. The third-order valence-corrected chi connectivity index (χ3v) is 3.65. The number of carbonyl (C=O) groups excluding carboxylic acids is 1. The molecule has 1 N–H and O–H groups in total. The fourth-order valence-corrected chi connectivity index (χ4v) is 2.69. The maximum Gasteiger partial charge on any atom is 0.139 e. The van der Waals surface area contributed by atoms with Crippen LogP contribution in [0.1, 0.15) is 37.9 Å². The summed E-state index contributed by atoms with van der Waals surface area (Å²) >= 11 is 0. The molecule has 1 aliphatic carbocycles. The van der Waals surface area contributed by atoms with Crippen LogP contribution in [0.4, 0.5) is 0 Å². The lowest BCUT2D eigenvalue weighted by atomic mass is 9.85. The van der Waals surface area contributed by atoms with E-state index in [0.29, 0.717) is 12.3 Å². The molecule has 86 valence electrons. The number of carbonyl (C=O) groups is 1. The topological polar surface area (TPSA) is 37.3 Å². The molecule has 1 saturated carbocycles. The van der Waals surface area contributed by atoms with Gasteiger partial charge in [0.15, 0.2) is 0 Å². The minimum absolute atomic E-state index is 0.188. The van der Waals surface area contributed by atoms with Gasteiger partial charge in [-0.3, -0.25) is 4.79 Å². The Morgan fingerprint density at radius 3 is 2.69 bits per heavy atom. The summed E-state index contributed by atoms with van der Waals surface area (Å²) in [4.78, 5) is 11.8. The molecule has 3 unspecified atom stereocenters. The van der Waals surface area contributed by atoms with E-state index in [2.05, 4.69) is 6.92 Å². The van der Waals surface area contributed by atoms with Crippen LogP contribution in [0, 0.1) is 11.8 Å². The predicted molar refractivity (Wildman–Crippen MR) is 62.9 cm³/mol. The summed E-state index contributed by atoms with van der Waals surface area (Å²) in [5, 5.41) is 10.3. The van der Waals surface area contributed by atoms with Crippen molar-refractivity contribution in [2.45, 2.75) is 32.3 Å². The van der Waals surface area contributed by atoms with E-state index in [0.717, 1.165) is 18.4 Å². The monoisotopic (exact) mass is 218 g/mol. The highest BCUT2D eigenvalue weighted by molar-refractivity contribution is 5.84. The van der Waals surface area contributed by atoms with Crippen molar-refractivity contribution < 1.29 is 9.90 Å². The van der Waals surface area contributed by atoms with Crippen LogP contribution in [0.3, 0.4) is 0 Å².